The van der Waals surface area contributed by atoms with Crippen molar-refractivity contribution >= 4 is 5.97 Å². The molecule has 0 aromatic heterocycles. The number of halogens is 1. The van der Waals surface area contributed by atoms with Crippen LogP contribution in [-0.4, -0.2) is 17.7 Å². The van der Waals surface area contributed by atoms with Crippen LogP contribution < -0.4 is 4.74 Å². The minimum Gasteiger partial charge on any atom is -0.494 e. The molecule has 0 aliphatic rings. The van der Waals surface area contributed by atoms with Crippen LogP contribution in [0.3, 0.4) is 0 Å². The molecule has 0 radical (unpaired) electrons. The van der Waals surface area contributed by atoms with Gasteiger partial charge in [-0.2, -0.15) is 0 Å². The van der Waals surface area contributed by atoms with E-state index in [4.69, 9.17) is 9.84 Å². The van der Waals surface area contributed by atoms with Gasteiger partial charge in [0.2, 0.25) is 0 Å². The lowest BCUT2D eigenvalue weighted by Gasteiger charge is -2.08. The van der Waals surface area contributed by atoms with Crippen LogP contribution in [0.15, 0.2) is 42.5 Å². The molecule has 0 aliphatic heterocycles. The van der Waals surface area contributed by atoms with Gasteiger partial charge in [0.15, 0.2) is 0 Å². The molecule has 19 heavy (non-hydrogen) atoms. The molecule has 0 fully saturated rings. The van der Waals surface area contributed by atoms with Crippen molar-refractivity contribution in [2.45, 2.75) is 6.92 Å². The van der Waals surface area contributed by atoms with Crippen molar-refractivity contribution in [3.63, 3.8) is 0 Å². The van der Waals surface area contributed by atoms with E-state index in [2.05, 4.69) is 0 Å². The van der Waals surface area contributed by atoms with Crippen LogP contribution >= 0.6 is 0 Å². The second kappa shape index (κ2) is 5.52. The highest BCUT2D eigenvalue weighted by Gasteiger charge is 2.12. The molecule has 4 heteroatoms. The molecular formula is C15H13FO3. The quantitative estimate of drug-likeness (QED) is 0.913. The molecule has 0 saturated heterocycles. The molecule has 2 aromatic rings. The van der Waals surface area contributed by atoms with E-state index in [0.717, 1.165) is 6.07 Å². The number of hydrogen-bond donors (Lipinski definition) is 1. The van der Waals surface area contributed by atoms with Gasteiger partial charge >= 0.3 is 5.97 Å². The molecule has 0 heterocycles. The van der Waals surface area contributed by atoms with Crippen molar-refractivity contribution in [3.05, 3.63) is 53.8 Å². The largest absolute Gasteiger partial charge is 0.494 e. The Hall–Kier alpha value is -2.36. The number of rotatable bonds is 4. The predicted molar refractivity (Wildman–Crippen MR) is 70.0 cm³/mol. The Morgan fingerprint density at radius 2 is 1.89 bits per heavy atom. The minimum absolute atomic E-state index is 0.0746. The van der Waals surface area contributed by atoms with Crippen molar-refractivity contribution in [2.24, 2.45) is 0 Å². The van der Waals surface area contributed by atoms with Crippen LogP contribution in [0.4, 0.5) is 4.39 Å². The molecule has 0 amide bonds. The van der Waals surface area contributed by atoms with Gasteiger partial charge in [0.25, 0.3) is 0 Å². The van der Waals surface area contributed by atoms with Gasteiger partial charge < -0.3 is 9.84 Å². The van der Waals surface area contributed by atoms with Gasteiger partial charge in [0.1, 0.15) is 11.6 Å². The van der Waals surface area contributed by atoms with Gasteiger partial charge in [-0.25, -0.2) is 9.18 Å². The first-order valence-corrected chi connectivity index (χ1v) is 5.88. The normalized spacial score (nSPS) is 10.2. The van der Waals surface area contributed by atoms with Crippen LogP contribution in [0.5, 0.6) is 5.75 Å². The van der Waals surface area contributed by atoms with Crippen molar-refractivity contribution in [3.8, 4) is 16.9 Å². The number of carbonyl (C=O) groups is 1. The first-order chi connectivity index (χ1) is 9.11. The summed E-state index contributed by atoms with van der Waals surface area (Å²) in [5.74, 6) is -0.850. The summed E-state index contributed by atoms with van der Waals surface area (Å²) in [5, 5.41) is 9.11. The third-order valence-corrected chi connectivity index (χ3v) is 2.69. The molecule has 0 aliphatic carbocycles. The Balaban J connectivity index is 2.45. The van der Waals surface area contributed by atoms with E-state index in [1.54, 1.807) is 24.3 Å². The highest BCUT2D eigenvalue weighted by atomic mass is 19.1. The van der Waals surface area contributed by atoms with Crippen LogP contribution in [0.25, 0.3) is 11.1 Å². The van der Waals surface area contributed by atoms with E-state index < -0.39 is 11.8 Å². The van der Waals surface area contributed by atoms with Crippen molar-refractivity contribution in [1.29, 1.82) is 0 Å². The van der Waals surface area contributed by atoms with Crippen molar-refractivity contribution < 1.29 is 19.0 Å². The SMILES string of the molecule is CCOc1ccc(-c2cc(F)ccc2C(=O)O)cc1. The smallest absolute Gasteiger partial charge is 0.336 e. The number of ether oxygens (including phenoxy) is 1. The van der Waals surface area contributed by atoms with E-state index in [1.165, 1.54) is 12.1 Å². The van der Waals surface area contributed by atoms with Crippen molar-refractivity contribution in [1.82, 2.24) is 0 Å². The van der Waals surface area contributed by atoms with Gasteiger partial charge in [-0.1, -0.05) is 12.1 Å². The second-order valence-electron chi connectivity index (χ2n) is 3.95. The molecule has 3 nitrogen and oxygen atoms in total. The maximum Gasteiger partial charge on any atom is 0.336 e. The number of hydrogen-bond acceptors (Lipinski definition) is 2. The van der Waals surface area contributed by atoms with Crippen molar-refractivity contribution in [2.75, 3.05) is 6.61 Å². The summed E-state index contributed by atoms with van der Waals surface area (Å²) in [7, 11) is 0. The molecular weight excluding hydrogens is 247 g/mol. The van der Waals surface area contributed by atoms with E-state index in [0.29, 0.717) is 23.5 Å². The van der Waals surface area contributed by atoms with Gasteiger partial charge in [-0.15, -0.1) is 0 Å². The zero-order chi connectivity index (χ0) is 13.8. The third kappa shape index (κ3) is 2.91. The number of benzene rings is 2. The standard InChI is InChI=1S/C15H13FO3/c1-2-19-12-6-3-10(4-7-12)14-9-11(16)5-8-13(14)15(17)18/h3-9H,2H2,1H3,(H,17,18). The van der Waals surface area contributed by atoms with E-state index in [9.17, 15) is 9.18 Å². The molecule has 0 atom stereocenters. The maximum atomic E-state index is 13.3. The van der Waals surface area contributed by atoms with E-state index >= 15 is 0 Å². The molecule has 0 bridgehead atoms. The van der Waals surface area contributed by atoms with E-state index in [-0.39, 0.29) is 5.56 Å². The highest BCUT2D eigenvalue weighted by Crippen LogP contribution is 2.26. The summed E-state index contributed by atoms with van der Waals surface area (Å²) in [4.78, 5) is 11.1. The third-order valence-electron chi connectivity index (χ3n) is 2.69. The Morgan fingerprint density at radius 3 is 2.47 bits per heavy atom. The fourth-order valence-electron chi connectivity index (χ4n) is 1.84. The molecule has 2 aromatic carbocycles. The fourth-order valence-corrected chi connectivity index (χ4v) is 1.84. The Labute approximate surface area is 110 Å². The zero-order valence-electron chi connectivity index (χ0n) is 10.4. The second-order valence-corrected chi connectivity index (χ2v) is 3.95. The summed E-state index contributed by atoms with van der Waals surface area (Å²) in [5.41, 5.74) is 1.07. The summed E-state index contributed by atoms with van der Waals surface area (Å²) in [6.07, 6.45) is 0. The maximum absolute atomic E-state index is 13.3. The van der Waals surface area contributed by atoms with Gasteiger partial charge in [0.05, 0.1) is 12.2 Å². The number of carboxylic acids is 1. The Morgan fingerprint density at radius 1 is 1.21 bits per heavy atom. The van der Waals surface area contributed by atoms with Gasteiger partial charge in [0, 0.05) is 0 Å². The van der Waals surface area contributed by atoms with Crippen LogP contribution in [0.1, 0.15) is 17.3 Å². The lowest BCUT2D eigenvalue weighted by molar-refractivity contribution is 0.0697. The van der Waals surface area contributed by atoms with E-state index in [1.807, 2.05) is 6.92 Å². The highest BCUT2D eigenvalue weighted by molar-refractivity contribution is 5.96. The summed E-state index contributed by atoms with van der Waals surface area (Å²) < 4.78 is 18.6. The number of carboxylic acid groups (broad SMARTS) is 1. The first kappa shape index (κ1) is 13.1. The predicted octanol–water partition coefficient (Wildman–Crippen LogP) is 3.59. The zero-order valence-corrected chi connectivity index (χ0v) is 10.4. The van der Waals surface area contributed by atoms with Gasteiger partial charge in [-0.3, -0.25) is 0 Å². The molecule has 1 N–H and O–H groups in total. The van der Waals surface area contributed by atoms with Crippen LogP contribution in [-0.2, 0) is 0 Å². The fraction of sp³-hybridized carbons (Fsp3) is 0.133. The lowest BCUT2D eigenvalue weighted by atomic mass is 9.99. The van der Waals surface area contributed by atoms with Crippen LogP contribution in [0, 0.1) is 5.82 Å². The van der Waals surface area contributed by atoms with Gasteiger partial charge in [-0.05, 0) is 48.4 Å². The summed E-state index contributed by atoms with van der Waals surface area (Å²) >= 11 is 0. The summed E-state index contributed by atoms with van der Waals surface area (Å²) in [6.45, 7) is 2.43. The van der Waals surface area contributed by atoms with Crippen LogP contribution in [0.2, 0.25) is 0 Å². The topological polar surface area (TPSA) is 46.5 Å². The molecule has 0 unspecified atom stereocenters. The average Bonchev–Trinajstić information content (AvgIpc) is 2.39. The lowest BCUT2D eigenvalue weighted by Crippen LogP contribution is -2.00. The minimum atomic E-state index is -1.08. The average molecular weight is 260 g/mol. The first-order valence-electron chi connectivity index (χ1n) is 5.88. The Bertz CT molecular complexity index is 591. The molecule has 98 valence electrons. The number of aromatic carboxylic acids is 1. The summed E-state index contributed by atoms with van der Waals surface area (Å²) in [6, 6.07) is 10.5. The molecule has 2 rings (SSSR count). The molecule has 0 saturated carbocycles. The monoisotopic (exact) mass is 260 g/mol. The molecule has 0 spiro atoms. The Kier molecular flexibility index (Phi) is 3.80.